The smallest absolute Gasteiger partial charge is 0.422 e. The molecule has 0 aliphatic carbocycles. The molecule has 0 saturated carbocycles. The second-order valence-corrected chi connectivity index (χ2v) is 2.78. The number of ether oxygens (including phenoxy) is 1. The summed E-state index contributed by atoms with van der Waals surface area (Å²) in [4.78, 5) is 7.53. The number of rotatable bonds is 4. The minimum atomic E-state index is -4.36. The molecular formula is C8H10F3N3O. The van der Waals surface area contributed by atoms with Crippen molar-refractivity contribution < 1.29 is 17.9 Å². The van der Waals surface area contributed by atoms with E-state index in [1.165, 1.54) is 12.4 Å². The third-order valence-electron chi connectivity index (χ3n) is 1.42. The first-order valence-corrected chi connectivity index (χ1v) is 4.16. The Morgan fingerprint density at radius 1 is 1.33 bits per heavy atom. The highest BCUT2D eigenvalue weighted by atomic mass is 19.4. The molecule has 84 valence electrons. The molecule has 1 aromatic rings. The molecule has 1 heterocycles. The van der Waals surface area contributed by atoms with E-state index in [2.05, 4.69) is 20.0 Å². The van der Waals surface area contributed by atoms with E-state index in [1.54, 1.807) is 7.05 Å². The third-order valence-corrected chi connectivity index (χ3v) is 1.42. The fourth-order valence-electron chi connectivity index (χ4n) is 0.846. The zero-order chi connectivity index (χ0) is 11.3. The van der Waals surface area contributed by atoms with Crippen LogP contribution in [0, 0.1) is 0 Å². The van der Waals surface area contributed by atoms with Crippen LogP contribution in [0.1, 0.15) is 5.69 Å². The molecule has 0 spiro atoms. The Hall–Kier alpha value is -1.37. The summed E-state index contributed by atoms with van der Waals surface area (Å²) in [5, 5.41) is 2.84. The Balaban J connectivity index is 2.50. The molecule has 0 unspecified atom stereocenters. The summed E-state index contributed by atoms with van der Waals surface area (Å²) in [6, 6.07) is 0. The van der Waals surface area contributed by atoms with Crippen LogP contribution in [0.15, 0.2) is 12.4 Å². The predicted octanol–water partition coefficient (Wildman–Crippen LogP) is 1.14. The molecule has 0 aromatic carbocycles. The molecule has 0 amide bonds. The maximum atomic E-state index is 11.8. The Labute approximate surface area is 84.5 Å². The summed E-state index contributed by atoms with van der Waals surface area (Å²) in [7, 11) is 1.73. The lowest BCUT2D eigenvalue weighted by Gasteiger charge is -2.07. The molecule has 0 aliphatic heterocycles. The first-order chi connectivity index (χ1) is 7.01. The number of aromatic nitrogens is 2. The fourth-order valence-corrected chi connectivity index (χ4v) is 0.846. The molecule has 0 fully saturated rings. The van der Waals surface area contributed by atoms with Crippen molar-refractivity contribution in [3.8, 4) is 5.88 Å². The monoisotopic (exact) mass is 221 g/mol. The highest BCUT2D eigenvalue weighted by Gasteiger charge is 2.28. The number of alkyl halides is 3. The summed E-state index contributed by atoms with van der Waals surface area (Å²) >= 11 is 0. The quantitative estimate of drug-likeness (QED) is 0.828. The van der Waals surface area contributed by atoms with E-state index in [1.807, 2.05) is 0 Å². The molecule has 0 aliphatic rings. The Kier molecular flexibility index (Phi) is 3.84. The molecule has 7 heteroatoms. The SMILES string of the molecule is CNCc1cnc(OCC(F)(F)F)cn1. The van der Waals surface area contributed by atoms with Crippen LogP contribution in [0.5, 0.6) is 5.88 Å². The van der Waals surface area contributed by atoms with Crippen molar-refractivity contribution in [3.05, 3.63) is 18.1 Å². The van der Waals surface area contributed by atoms with Gasteiger partial charge in [0.25, 0.3) is 0 Å². The van der Waals surface area contributed by atoms with Gasteiger partial charge in [-0.2, -0.15) is 13.2 Å². The summed E-state index contributed by atoms with van der Waals surface area (Å²) in [5.41, 5.74) is 0.636. The van der Waals surface area contributed by atoms with E-state index in [0.29, 0.717) is 12.2 Å². The van der Waals surface area contributed by atoms with Gasteiger partial charge in [0.2, 0.25) is 5.88 Å². The van der Waals surface area contributed by atoms with E-state index in [9.17, 15) is 13.2 Å². The standard InChI is InChI=1S/C8H10F3N3O/c1-12-2-6-3-14-7(4-13-6)15-5-8(9,10)11/h3-4,12H,2,5H2,1H3. The van der Waals surface area contributed by atoms with Crippen LogP contribution in [0.3, 0.4) is 0 Å². The molecule has 1 rings (SSSR count). The van der Waals surface area contributed by atoms with Crippen LogP contribution in [0.25, 0.3) is 0 Å². The van der Waals surface area contributed by atoms with Crippen molar-refractivity contribution >= 4 is 0 Å². The maximum absolute atomic E-state index is 11.8. The summed E-state index contributed by atoms with van der Waals surface area (Å²) in [5.74, 6) is -0.132. The topological polar surface area (TPSA) is 47.0 Å². The largest absolute Gasteiger partial charge is 0.467 e. The van der Waals surface area contributed by atoms with Crippen molar-refractivity contribution in [1.29, 1.82) is 0 Å². The van der Waals surface area contributed by atoms with Gasteiger partial charge in [0.15, 0.2) is 6.61 Å². The second kappa shape index (κ2) is 4.92. The van der Waals surface area contributed by atoms with Crippen LogP contribution >= 0.6 is 0 Å². The molecule has 0 bridgehead atoms. The van der Waals surface area contributed by atoms with Crippen molar-refractivity contribution in [1.82, 2.24) is 15.3 Å². The highest BCUT2D eigenvalue weighted by molar-refractivity contribution is 5.07. The Morgan fingerprint density at radius 3 is 2.53 bits per heavy atom. The molecule has 1 N–H and O–H groups in total. The van der Waals surface area contributed by atoms with Gasteiger partial charge in [-0.3, -0.25) is 4.98 Å². The maximum Gasteiger partial charge on any atom is 0.422 e. The number of hydrogen-bond acceptors (Lipinski definition) is 4. The zero-order valence-electron chi connectivity index (χ0n) is 8.01. The van der Waals surface area contributed by atoms with Gasteiger partial charge in [0.1, 0.15) is 0 Å². The van der Waals surface area contributed by atoms with Crippen LogP contribution in [-0.4, -0.2) is 29.8 Å². The van der Waals surface area contributed by atoms with Crippen LogP contribution in [0.2, 0.25) is 0 Å². The minimum absolute atomic E-state index is 0.132. The molecule has 0 saturated heterocycles. The van der Waals surface area contributed by atoms with Crippen LogP contribution in [0.4, 0.5) is 13.2 Å². The predicted molar refractivity (Wildman–Crippen MR) is 46.3 cm³/mol. The number of halogens is 3. The summed E-state index contributed by atoms with van der Waals surface area (Å²) in [6.07, 6.45) is -1.83. The molecule has 0 radical (unpaired) electrons. The molecule has 4 nitrogen and oxygen atoms in total. The van der Waals surface area contributed by atoms with Gasteiger partial charge in [-0.25, -0.2) is 4.98 Å². The average Bonchev–Trinajstić information content (AvgIpc) is 2.16. The Bertz CT molecular complexity index is 299. The first kappa shape index (κ1) is 11.7. The van der Waals surface area contributed by atoms with Crippen LogP contribution in [-0.2, 0) is 6.54 Å². The number of nitrogens with one attached hydrogen (secondary N) is 1. The summed E-state index contributed by atoms with van der Waals surface area (Å²) in [6.45, 7) is -0.848. The van der Waals surface area contributed by atoms with Gasteiger partial charge in [0.05, 0.1) is 18.1 Å². The normalized spacial score (nSPS) is 11.5. The molecule has 1 aromatic heterocycles. The third kappa shape index (κ3) is 4.59. The van der Waals surface area contributed by atoms with E-state index in [-0.39, 0.29) is 5.88 Å². The molecular weight excluding hydrogens is 211 g/mol. The van der Waals surface area contributed by atoms with Crippen molar-refractivity contribution in [3.63, 3.8) is 0 Å². The van der Waals surface area contributed by atoms with E-state index in [4.69, 9.17) is 0 Å². The lowest BCUT2D eigenvalue weighted by atomic mass is 10.4. The van der Waals surface area contributed by atoms with Gasteiger partial charge in [0, 0.05) is 6.54 Å². The van der Waals surface area contributed by atoms with Crippen molar-refractivity contribution in [2.24, 2.45) is 0 Å². The van der Waals surface area contributed by atoms with Crippen molar-refractivity contribution in [2.75, 3.05) is 13.7 Å². The molecule has 0 atom stereocenters. The lowest BCUT2D eigenvalue weighted by Crippen LogP contribution is -2.19. The minimum Gasteiger partial charge on any atom is -0.467 e. The van der Waals surface area contributed by atoms with Gasteiger partial charge in [-0.15, -0.1) is 0 Å². The fraction of sp³-hybridized carbons (Fsp3) is 0.500. The van der Waals surface area contributed by atoms with E-state index in [0.717, 1.165) is 0 Å². The van der Waals surface area contributed by atoms with Gasteiger partial charge in [-0.05, 0) is 7.05 Å². The average molecular weight is 221 g/mol. The second-order valence-electron chi connectivity index (χ2n) is 2.78. The number of hydrogen-bond donors (Lipinski definition) is 1. The highest BCUT2D eigenvalue weighted by Crippen LogP contribution is 2.16. The summed E-state index contributed by atoms with van der Waals surface area (Å²) < 4.78 is 39.7. The van der Waals surface area contributed by atoms with E-state index < -0.39 is 12.8 Å². The van der Waals surface area contributed by atoms with Crippen molar-refractivity contribution in [2.45, 2.75) is 12.7 Å². The van der Waals surface area contributed by atoms with Gasteiger partial charge >= 0.3 is 6.18 Å². The van der Waals surface area contributed by atoms with Gasteiger partial charge in [-0.1, -0.05) is 0 Å². The Morgan fingerprint density at radius 2 is 2.07 bits per heavy atom. The number of nitrogens with zero attached hydrogens (tertiary/aromatic N) is 2. The first-order valence-electron chi connectivity index (χ1n) is 4.16. The molecule has 15 heavy (non-hydrogen) atoms. The van der Waals surface area contributed by atoms with E-state index >= 15 is 0 Å². The van der Waals surface area contributed by atoms with Crippen LogP contribution < -0.4 is 10.1 Å². The lowest BCUT2D eigenvalue weighted by molar-refractivity contribution is -0.154. The van der Waals surface area contributed by atoms with Gasteiger partial charge < -0.3 is 10.1 Å². The zero-order valence-corrected chi connectivity index (χ0v) is 8.01.